The lowest BCUT2D eigenvalue weighted by Crippen LogP contribution is -2.40. The Morgan fingerprint density at radius 1 is 1.40 bits per heavy atom. The number of ether oxygens (including phenoxy) is 1. The molecule has 6 heteroatoms. The normalized spacial score (nSPS) is 20.4. The molecule has 20 heavy (non-hydrogen) atoms. The highest BCUT2D eigenvalue weighted by atomic mass is 16.6. The van der Waals surface area contributed by atoms with Crippen molar-refractivity contribution in [2.75, 3.05) is 6.54 Å². The van der Waals surface area contributed by atoms with Gasteiger partial charge in [0.05, 0.1) is 6.54 Å². The SMILES string of the molecule is Cc1nnc(CN2CCC[C@H]2C(=O)OC(C)(C)C)n1C. The van der Waals surface area contributed by atoms with Crippen molar-refractivity contribution < 1.29 is 9.53 Å². The maximum atomic E-state index is 12.2. The summed E-state index contributed by atoms with van der Waals surface area (Å²) in [5.41, 5.74) is -0.438. The van der Waals surface area contributed by atoms with Gasteiger partial charge in [0.2, 0.25) is 0 Å². The van der Waals surface area contributed by atoms with Gasteiger partial charge in [0.15, 0.2) is 0 Å². The predicted octanol–water partition coefficient (Wildman–Crippen LogP) is 1.43. The van der Waals surface area contributed by atoms with Crippen LogP contribution in [0.4, 0.5) is 0 Å². The molecule has 0 aromatic carbocycles. The van der Waals surface area contributed by atoms with Crippen LogP contribution in [0, 0.1) is 6.92 Å². The van der Waals surface area contributed by atoms with Crippen molar-refractivity contribution in [1.82, 2.24) is 19.7 Å². The Labute approximate surface area is 120 Å². The van der Waals surface area contributed by atoms with Gasteiger partial charge in [0.1, 0.15) is 23.3 Å². The van der Waals surface area contributed by atoms with E-state index in [4.69, 9.17) is 4.74 Å². The zero-order valence-corrected chi connectivity index (χ0v) is 13.0. The highest BCUT2D eigenvalue weighted by Crippen LogP contribution is 2.22. The first kappa shape index (κ1) is 15.0. The first-order chi connectivity index (χ1) is 9.28. The van der Waals surface area contributed by atoms with Crippen LogP contribution in [-0.4, -0.2) is 43.8 Å². The largest absolute Gasteiger partial charge is 0.459 e. The maximum Gasteiger partial charge on any atom is 0.323 e. The zero-order valence-electron chi connectivity index (χ0n) is 13.0. The van der Waals surface area contributed by atoms with Crippen LogP contribution in [0.15, 0.2) is 0 Å². The Kier molecular flexibility index (Phi) is 4.13. The predicted molar refractivity (Wildman–Crippen MR) is 75.0 cm³/mol. The molecule has 0 N–H and O–H groups in total. The third-order valence-corrected chi connectivity index (χ3v) is 3.57. The minimum absolute atomic E-state index is 0.131. The molecule has 0 radical (unpaired) electrons. The average molecular weight is 280 g/mol. The smallest absolute Gasteiger partial charge is 0.323 e. The Hall–Kier alpha value is -1.43. The monoisotopic (exact) mass is 280 g/mol. The molecular formula is C14H24N4O2. The van der Waals surface area contributed by atoms with Crippen molar-refractivity contribution in [3.8, 4) is 0 Å². The summed E-state index contributed by atoms with van der Waals surface area (Å²) in [6.45, 7) is 9.16. The number of carbonyl (C=O) groups excluding carboxylic acids is 1. The summed E-state index contributed by atoms with van der Waals surface area (Å²) >= 11 is 0. The molecule has 1 aliphatic heterocycles. The number of hydrogen-bond acceptors (Lipinski definition) is 5. The first-order valence-corrected chi connectivity index (χ1v) is 7.10. The Morgan fingerprint density at radius 3 is 2.65 bits per heavy atom. The van der Waals surface area contributed by atoms with Crippen LogP contribution < -0.4 is 0 Å². The average Bonchev–Trinajstić information content (AvgIpc) is 2.89. The number of carbonyl (C=O) groups is 1. The van der Waals surface area contributed by atoms with Gasteiger partial charge < -0.3 is 9.30 Å². The second-order valence-electron chi connectivity index (χ2n) is 6.38. The molecule has 2 rings (SSSR count). The molecule has 2 heterocycles. The van der Waals surface area contributed by atoms with Crippen molar-refractivity contribution in [2.45, 2.75) is 58.7 Å². The summed E-state index contributed by atoms with van der Waals surface area (Å²) in [6.07, 6.45) is 1.87. The molecule has 0 spiro atoms. The van der Waals surface area contributed by atoms with Crippen molar-refractivity contribution in [1.29, 1.82) is 0 Å². The van der Waals surface area contributed by atoms with Crippen LogP contribution in [-0.2, 0) is 23.1 Å². The minimum Gasteiger partial charge on any atom is -0.459 e. The highest BCUT2D eigenvalue weighted by molar-refractivity contribution is 5.76. The Bertz CT molecular complexity index is 490. The van der Waals surface area contributed by atoms with Crippen LogP contribution in [0.2, 0.25) is 0 Å². The molecular weight excluding hydrogens is 256 g/mol. The van der Waals surface area contributed by atoms with Gasteiger partial charge in [-0.25, -0.2) is 0 Å². The number of aryl methyl sites for hydroxylation is 1. The molecule has 1 fully saturated rings. The maximum absolute atomic E-state index is 12.2. The molecule has 0 bridgehead atoms. The number of hydrogen-bond donors (Lipinski definition) is 0. The molecule has 1 aromatic heterocycles. The summed E-state index contributed by atoms with van der Waals surface area (Å²) in [6, 6.07) is -0.161. The fourth-order valence-electron chi connectivity index (χ4n) is 2.42. The first-order valence-electron chi connectivity index (χ1n) is 7.10. The number of esters is 1. The third-order valence-electron chi connectivity index (χ3n) is 3.57. The summed E-state index contributed by atoms with van der Waals surface area (Å²) in [7, 11) is 1.95. The summed E-state index contributed by atoms with van der Waals surface area (Å²) in [5, 5.41) is 8.22. The van der Waals surface area contributed by atoms with Gasteiger partial charge in [-0.05, 0) is 47.1 Å². The summed E-state index contributed by atoms with van der Waals surface area (Å²) in [4.78, 5) is 14.4. The van der Waals surface area contributed by atoms with E-state index in [1.165, 1.54) is 0 Å². The number of rotatable bonds is 3. The van der Waals surface area contributed by atoms with Crippen LogP contribution >= 0.6 is 0 Å². The van der Waals surface area contributed by atoms with Crippen molar-refractivity contribution in [3.05, 3.63) is 11.6 Å². The van der Waals surface area contributed by atoms with E-state index in [1.54, 1.807) is 0 Å². The molecule has 0 amide bonds. The van der Waals surface area contributed by atoms with E-state index in [0.717, 1.165) is 31.0 Å². The molecule has 0 unspecified atom stereocenters. The summed E-state index contributed by atoms with van der Waals surface area (Å²) < 4.78 is 7.46. The van der Waals surface area contributed by atoms with Crippen LogP contribution in [0.1, 0.15) is 45.3 Å². The second kappa shape index (κ2) is 5.52. The highest BCUT2D eigenvalue weighted by Gasteiger charge is 2.34. The van der Waals surface area contributed by atoms with E-state index >= 15 is 0 Å². The number of likely N-dealkylation sites (tertiary alicyclic amines) is 1. The molecule has 1 saturated heterocycles. The molecule has 0 saturated carbocycles. The number of nitrogens with zero attached hydrogens (tertiary/aromatic N) is 4. The van der Waals surface area contributed by atoms with E-state index in [9.17, 15) is 4.79 Å². The van der Waals surface area contributed by atoms with Crippen LogP contribution in [0.5, 0.6) is 0 Å². The van der Waals surface area contributed by atoms with Gasteiger partial charge in [-0.1, -0.05) is 0 Å². The topological polar surface area (TPSA) is 60.3 Å². The lowest BCUT2D eigenvalue weighted by molar-refractivity contribution is -0.160. The van der Waals surface area contributed by atoms with Gasteiger partial charge in [0, 0.05) is 7.05 Å². The van der Waals surface area contributed by atoms with Gasteiger partial charge in [-0.3, -0.25) is 9.69 Å². The van der Waals surface area contributed by atoms with Gasteiger partial charge >= 0.3 is 5.97 Å². The van der Waals surface area contributed by atoms with E-state index < -0.39 is 5.60 Å². The zero-order chi connectivity index (χ0) is 14.9. The molecule has 6 nitrogen and oxygen atoms in total. The standard InChI is InChI=1S/C14H24N4O2/c1-10-15-16-12(17(10)5)9-18-8-6-7-11(18)13(19)20-14(2,3)4/h11H,6-9H2,1-5H3/t11-/m0/s1. The number of aromatic nitrogens is 3. The fourth-order valence-corrected chi connectivity index (χ4v) is 2.42. The fraction of sp³-hybridized carbons (Fsp3) is 0.786. The van der Waals surface area contributed by atoms with Crippen molar-refractivity contribution in [3.63, 3.8) is 0 Å². The molecule has 1 aromatic rings. The molecule has 0 aliphatic carbocycles. The lowest BCUT2D eigenvalue weighted by Gasteiger charge is -2.27. The van der Waals surface area contributed by atoms with E-state index in [2.05, 4.69) is 15.1 Å². The Balaban J connectivity index is 2.04. The van der Waals surface area contributed by atoms with Crippen LogP contribution in [0.25, 0.3) is 0 Å². The van der Waals surface area contributed by atoms with Crippen molar-refractivity contribution >= 4 is 5.97 Å². The second-order valence-corrected chi connectivity index (χ2v) is 6.38. The lowest BCUT2D eigenvalue weighted by atomic mass is 10.1. The van der Waals surface area contributed by atoms with E-state index in [-0.39, 0.29) is 12.0 Å². The van der Waals surface area contributed by atoms with Gasteiger partial charge in [-0.15, -0.1) is 10.2 Å². The summed E-state index contributed by atoms with van der Waals surface area (Å²) in [5.74, 6) is 1.64. The molecule has 1 atom stereocenters. The Morgan fingerprint density at radius 2 is 2.10 bits per heavy atom. The third kappa shape index (κ3) is 3.36. The quantitative estimate of drug-likeness (QED) is 0.784. The van der Waals surface area contributed by atoms with Crippen molar-refractivity contribution in [2.24, 2.45) is 7.05 Å². The molecule has 112 valence electrons. The van der Waals surface area contributed by atoms with Gasteiger partial charge in [-0.2, -0.15) is 0 Å². The van der Waals surface area contributed by atoms with Gasteiger partial charge in [0.25, 0.3) is 0 Å². The van der Waals surface area contributed by atoms with E-state index in [1.807, 2.05) is 39.3 Å². The van der Waals surface area contributed by atoms with Crippen LogP contribution in [0.3, 0.4) is 0 Å². The molecule has 1 aliphatic rings. The van der Waals surface area contributed by atoms with E-state index in [0.29, 0.717) is 6.54 Å². The minimum atomic E-state index is -0.438.